The van der Waals surface area contributed by atoms with E-state index >= 15 is 0 Å². The summed E-state index contributed by atoms with van der Waals surface area (Å²) in [6.07, 6.45) is 2.24. The summed E-state index contributed by atoms with van der Waals surface area (Å²) in [7, 11) is 0. The van der Waals surface area contributed by atoms with Gasteiger partial charge in [0.1, 0.15) is 0 Å². The van der Waals surface area contributed by atoms with Crippen molar-refractivity contribution in [2.24, 2.45) is 0 Å². The van der Waals surface area contributed by atoms with E-state index in [1.54, 1.807) is 0 Å². The Morgan fingerprint density at radius 2 is 2.08 bits per heavy atom. The van der Waals surface area contributed by atoms with Crippen LogP contribution in [-0.4, -0.2) is 5.33 Å². The van der Waals surface area contributed by atoms with Crippen LogP contribution in [0.3, 0.4) is 0 Å². The standard InChI is InChI=1S/C9H11Br2N/c10-5-1-2-7-3-4-8(12)6-9(7)11/h3-4,6H,1-2,5,12H2. The molecule has 0 fully saturated rings. The molecule has 0 radical (unpaired) electrons. The van der Waals surface area contributed by atoms with E-state index in [4.69, 9.17) is 5.73 Å². The lowest BCUT2D eigenvalue weighted by Crippen LogP contribution is -1.90. The maximum atomic E-state index is 5.62. The summed E-state index contributed by atoms with van der Waals surface area (Å²) >= 11 is 6.89. The molecule has 1 aromatic carbocycles. The van der Waals surface area contributed by atoms with Gasteiger partial charge in [0, 0.05) is 15.5 Å². The molecular formula is C9H11Br2N. The molecule has 0 bridgehead atoms. The minimum atomic E-state index is 0.810. The first-order chi connectivity index (χ1) is 5.74. The van der Waals surface area contributed by atoms with Crippen LogP contribution in [0.1, 0.15) is 12.0 Å². The molecule has 0 heterocycles. The van der Waals surface area contributed by atoms with Gasteiger partial charge in [-0.15, -0.1) is 0 Å². The van der Waals surface area contributed by atoms with Crippen LogP contribution in [0.25, 0.3) is 0 Å². The van der Waals surface area contributed by atoms with Gasteiger partial charge in [0.05, 0.1) is 0 Å². The number of alkyl halides is 1. The largest absolute Gasteiger partial charge is 0.399 e. The first-order valence-electron chi connectivity index (χ1n) is 3.84. The van der Waals surface area contributed by atoms with Crippen LogP contribution in [0.4, 0.5) is 5.69 Å². The topological polar surface area (TPSA) is 26.0 Å². The highest BCUT2D eigenvalue weighted by Crippen LogP contribution is 2.21. The van der Waals surface area contributed by atoms with Gasteiger partial charge in [0.15, 0.2) is 0 Å². The second kappa shape index (κ2) is 4.87. The number of rotatable bonds is 3. The van der Waals surface area contributed by atoms with Crippen molar-refractivity contribution in [2.45, 2.75) is 12.8 Å². The van der Waals surface area contributed by atoms with Crippen LogP contribution >= 0.6 is 31.9 Å². The normalized spacial score (nSPS) is 10.2. The molecule has 0 saturated carbocycles. The van der Waals surface area contributed by atoms with Crippen molar-refractivity contribution >= 4 is 37.5 Å². The minimum Gasteiger partial charge on any atom is -0.399 e. The summed E-state index contributed by atoms with van der Waals surface area (Å²) in [6, 6.07) is 5.96. The molecule has 0 unspecified atom stereocenters. The molecule has 0 amide bonds. The predicted molar refractivity (Wildman–Crippen MR) is 60.7 cm³/mol. The zero-order valence-electron chi connectivity index (χ0n) is 6.69. The number of hydrogen-bond donors (Lipinski definition) is 1. The van der Waals surface area contributed by atoms with E-state index in [0.29, 0.717) is 0 Å². The lowest BCUT2D eigenvalue weighted by Gasteiger charge is -2.03. The van der Waals surface area contributed by atoms with Gasteiger partial charge < -0.3 is 5.73 Å². The van der Waals surface area contributed by atoms with Gasteiger partial charge in [-0.3, -0.25) is 0 Å². The van der Waals surface area contributed by atoms with E-state index in [9.17, 15) is 0 Å². The molecule has 1 rings (SSSR count). The molecule has 66 valence electrons. The Bertz CT molecular complexity index is 261. The minimum absolute atomic E-state index is 0.810. The van der Waals surface area contributed by atoms with Crippen molar-refractivity contribution < 1.29 is 0 Å². The zero-order valence-corrected chi connectivity index (χ0v) is 9.86. The third-order valence-electron chi connectivity index (χ3n) is 1.66. The summed E-state index contributed by atoms with van der Waals surface area (Å²) in [6.45, 7) is 0. The molecule has 0 aliphatic heterocycles. The third-order valence-corrected chi connectivity index (χ3v) is 2.96. The molecule has 0 atom stereocenters. The monoisotopic (exact) mass is 291 g/mol. The summed E-state index contributed by atoms with van der Waals surface area (Å²) in [5.41, 5.74) is 7.75. The molecule has 0 aromatic heterocycles. The van der Waals surface area contributed by atoms with Crippen molar-refractivity contribution in [1.82, 2.24) is 0 Å². The van der Waals surface area contributed by atoms with Crippen molar-refractivity contribution in [3.05, 3.63) is 28.2 Å². The van der Waals surface area contributed by atoms with Gasteiger partial charge in [0.25, 0.3) is 0 Å². The Kier molecular flexibility index (Phi) is 4.09. The van der Waals surface area contributed by atoms with E-state index in [1.807, 2.05) is 12.1 Å². The van der Waals surface area contributed by atoms with Gasteiger partial charge in [-0.1, -0.05) is 37.9 Å². The number of nitrogens with two attached hydrogens (primary N) is 1. The highest BCUT2D eigenvalue weighted by Gasteiger charge is 1.98. The predicted octanol–water partition coefficient (Wildman–Crippen LogP) is 3.36. The Hall–Kier alpha value is -0.0200. The van der Waals surface area contributed by atoms with Crippen LogP contribution in [0.2, 0.25) is 0 Å². The van der Waals surface area contributed by atoms with E-state index < -0.39 is 0 Å². The second-order valence-electron chi connectivity index (χ2n) is 2.64. The van der Waals surface area contributed by atoms with Crippen LogP contribution < -0.4 is 5.73 Å². The van der Waals surface area contributed by atoms with E-state index in [2.05, 4.69) is 37.9 Å². The number of benzene rings is 1. The van der Waals surface area contributed by atoms with Crippen LogP contribution in [-0.2, 0) is 6.42 Å². The Labute approximate surface area is 89.6 Å². The summed E-state index contributed by atoms with van der Waals surface area (Å²) < 4.78 is 1.11. The Morgan fingerprint density at radius 1 is 1.33 bits per heavy atom. The molecule has 12 heavy (non-hydrogen) atoms. The van der Waals surface area contributed by atoms with Crippen LogP contribution in [0.15, 0.2) is 22.7 Å². The van der Waals surface area contributed by atoms with Gasteiger partial charge >= 0.3 is 0 Å². The fourth-order valence-corrected chi connectivity index (χ4v) is 1.90. The highest BCUT2D eigenvalue weighted by atomic mass is 79.9. The van der Waals surface area contributed by atoms with Crippen LogP contribution in [0.5, 0.6) is 0 Å². The smallest absolute Gasteiger partial charge is 0.0325 e. The molecule has 0 aliphatic carbocycles. The fourth-order valence-electron chi connectivity index (χ4n) is 1.02. The van der Waals surface area contributed by atoms with Gasteiger partial charge in [-0.2, -0.15) is 0 Å². The Balaban J connectivity index is 2.72. The second-order valence-corrected chi connectivity index (χ2v) is 4.29. The first kappa shape index (κ1) is 10.1. The summed E-state index contributed by atoms with van der Waals surface area (Å²) in [4.78, 5) is 0. The van der Waals surface area contributed by atoms with Crippen molar-refractivity contribution in [3.8, 4) is 0 Å². The lowest BCUT2D eigenvalue weighted by atomic mass is 10.1. The SMILES string of the molecule is Nc1ccc(CCCBr)c(Br)c1. The van der Waals surface area contributed by atoms with Crippen molar-refractivity contribution in [1.29, 1.82) is 0 Å². The summed E-state index contributed by atoms with van der Waals surface area (Å²) in [5.74, 6) is 0. The molecule has 3 heteroatoms. The zero-order chi connectivity index (χ0) is 8.97. The summed E-state index contributed by atoms with van der Waals surface area (Å²) in [5, 5.41) is 1.05. The quantitative estimate of drug-likeness (QED) is 0.671. The average molecular weight is 293 g/mol. The third kappa shape index (κ3) is 2.79. The molecule has 0 spiro atoms. The molecule has 1 aromatic rings. The number of halogens is 2. The maximum absolute atomic E-state index is 5.62. The van der Waals surface area contributed by atoms with E-state index in [0.717, 1.165) is 28.3 Å². The Morgan fingerprint density at radius 3 is 2.67 bits per heavy atom. The average Bonchev–Trinajstić information content (AvgIpc) is 2.03. The van der Waals surface area contributed by atoms with Gasteiger partial charge in [0.2, 0.25) is 0 Å². The van der Waals surface area contributed by atoms with E-state index in [-0.39, 0.29) is 0 Å². The van der Waals surface area contributed by atoms with Gasteiger partial charge in [-0.25, -0.2) is 0 Å². The molecular weight excluding hydrogens is 282 g/mol. The van der Waals surface area contributed by atoms with E-state index in [1.165, 1.54) is 5.56 Å². The van der Waals surface area contributed by atoms with Crippen molar-refractivity contribution in [3.63, 3.8) is 0 Å². The molecule has 0 aliphatic rings. The highest BCUT2D eigenvalue weighted by molar-refractivity contribution is 9.10. The number of aryl methyl sites for hydroxylation is 1. The first-order valence-corrected chi connectivity index (χ1v) is 5.75. The maximum Gasteiger partial charge on any atom is 0.0325 e. The van der Waals surface area contributed by atoms with Crippen LogP contribution in [0, 0.1) is 0 Å². The molecule has 2 N–H and O–H groups in total. The molecule has 0 saturated heterocycles. The van der Waals surface area contributed by atoms with Crippen molar-refractivity contribution in [2.75, 3.05) is 11.1 Å². The lowest BCUT2D eigenvalue weighted by molar-refractivity contribution is 0.934. The van der Waals surface area contributed by atoms with Gasteiger partial charge in [-0.05, 0) is 30.5 Å². The number of anilines is 1. The number of nitrogen functional groups attached to an aromatic ring is 1. The fraction of sp³-hybridized carbons (Fsp3) is 0.333. The number of hydrogen-bond acceptors (Lipinski definition) is 1. The molecule has 1 nitrogen and oxygen atoms in total.